The van der Waals surface area contributed by atoms with Crippen LogP contribution >= 0.6 is 0 Å². The zero-order valence-electron chi connectivity index (χ0n) is 31.8. The van der Waals surface area contributed by atoms with E-state index in [0.29, 0.717) is 5.56 Å². The molecule has 2 aliphatic rings. The number of ether oxygens (including phenoxy) is 4. The van der Waals surface area contributed by atoms with E-state index in [4.69, 9.17) is 18.9 Å². The van der Waals surface area contributed by atoms with Crippen LogP contribution < -0.4 is 14.2 Å². The quantitative estimate of drug-likeness (QED) is 0.0287. The second kappa shape index (κ2) is 16.5. The second-order valence-electron chi connectivity index (χ2n) is 13.9. The van der Waals surface area contributed by atoms with Crippen molar-refractivity contribution in [3.8, 4) is 23.0 Å². The van der Waals surface area contributed by atoms with Crippen LogP contribution in [0, 0.1) is 0 Å². The molecule has 0 saturated carbocycles. The fourth-order valence-electron chi connectivity index (χ4n) is 7.23. The van der Waals surface area contributed by atoms with Gasteiger partial charge in [-0.15, -0.1) is 5.16 Å². The van der Waals surface area contributed by atoms with E-state index >= 15 is 0 Å². The molecule has 0 aliphatic carbocycles. The summed E-state index contributed by atoms with van der Waals surface area (Å²) in [5, 5.41) is 12.3. The lowest BCUT2D eigenvalue weighted by molar-refractivity contribution is -0.117. The summed E-state index contributed by atoms with van der Waals surface area (Å²) in [6.45, 7) is 2.63. The third-order valence-electron chi connectivity index (χ3n) is 9.96. The summed E-state index contributed by atoms with van der Waals surface area (Å²) in [7, 11) is 0. The Bertz CT molecular complexity index is 2460. The van der Waals surface area contributed by atoms with Crippen molar-refractivity contribution in [3.05, 3.63) is 153 Å². The first-order valence-corrected chi connectivity index (χ1v) is 18.6. The summed E-state index contributed by atoms with van der Waals surface area (Å²) in [4.78, 5) is 94.2. The Morgan fingerprint density at radius 3 is 1.58 bits per heavy atom. The molecule has 5 aromatic rings. The molecule has 0 radical (unpaired) electrons. The van der Waals surface area contributed by atoms with Crippen LogP contribution in [0.3, 0.4) is 0 Å². The van der Waals surface area contributed by atoms with Gasteiger partial charge in [-0.1, -0.05) is 54.6 Å². The molecule has 0 amide bonds. The van der Waals surface area contributed by atoms with Gasteiger partial charge in [0, 0.05) is 55.0 Å². The zero-order chi connectivity index (χ0) is 41.8. The van der Waals surface area contributed by atoms with Crippen LogP contribution in [-0.2, 0) is 26.3 Å². The van der Waals surface area contributed by atoms with Crippen molar-refractivity contribution in [2.45, 2.75) is 51.6 Å². The van der Waals surface area contributed by atoms with E-state index < -0.39 is 35.1 Å². The summed E-state index contributed by atoms with van der Waals surface area (Å²) in [6.07, 6.45) is 0.165. The molecule has 0 aromatic heterocycles. The van der Waals surface area contributed by atoms with Crippen molar-refractivity contribution < 1.29 is 57.7 Å². The lowest BCUT2D eigenvalue weighted by Gasteiger charge is -2.38. The van der Waals surface area contributed by atoms with Crippen molar-refractivity contribution >= 4 is 47.3 Å². The minimum absolute atomic E-state index is 0.0212. The molecule has 0 bridgehead atoms. The van der Waals surface area contributed by atoms with Gasteiger partial charge in [0.15, 0.2) is 17.2 Å². The molecule has 2 aliphatic heterocycles. The highest BCUT2D eigenvalue weighted by Crippen LogP contribution is 2.60. The third kappa shape index (κ3) is 7.53. The molecule has 0 fully saturated rings. The molecule has 2 heterocycles. The molecule has 0 saturated heterocycles. The number of carbonyl (C=O) groups excluding carboxylic acids is 7. The normalized spacial score (nSPS) is 13.1. The van der Waals surface area contributed by atoms with Crippen LogP contribution in [0.15, 0.2) is 108 Å². The number of carbonyl (C=O) groups is 7. The average Bonchev–Trinajstić information content (AvgIpc) is 3.53. The summed E-state index contributed by atoms with van der Waals surface area (Å²) >= 11 is 0. The number of hydrogen-bond donors (Lipinski definition) is 1. The number of oxime groups is 1. The van der Waals surface area contributed by atoms with Crippen LogP contribution in [0.4, 0.5) is 0 Å². The first-order chi connectivity index (χ1) is 28.4. The average molecular weight is 794 g/mol. The van der Waals surface area contributed by atoms with Gasteiger partial charge in [0.2, 0.25) is 0 Å². The number of rotatable bonds is 14. The third-order valence-corrected chi connectivity index (χ3v) is 9.96. The van der Waals surface area contributed by atoms with Crippen LogP contribution in [0.25, 0.3) is 0 Å². The van der Waals surface area contributed by atoms with Gasteiger partial charge in [-0.05, 0) is 67.9 Å². The van der Waals surface area contributed by atoms with E-state index in [1.807, 2.05) is 0 Å². The van der Waals surface area contributed by atoms with Gasteiger partial charge >= 0.3 is 17.9 Å². The molecule has 13 heteroatoms. The molecule has 7 rings (SSSR count). The van der Waals surface area contributed by atoms with Crippen LogP contribution in [-0.4, -0.2) is 52.5 Å². The van der Waals surface area contributed by atoms with Gasteiger partial charge in [-0.3, -0.25) is 9.59 Å². The Hall–Kier alpha value is -7.54. The minimum Gasteiger partial charge on any atom is -0.455 e. The molecule has 1 N–H and O–H groups in total. The van der Waals surface area contributed by atoms with E-state index in [1.54, 1.807) is 54.6 Å². The van der Waals surface area contributed by atoms with Crippen molar-refractivity contribution in [2.24, 2.45) is 5.16 Å². The van der Waals surface area contributed by atoms with Gasteiger partial charge in [-0.25, -0.2) is 14.4 Å². The van der Waals surface area contributed by atoms with Crippen molar-refractivity contribution in [1.82, 2.24) is 0 Å². The van der Waals surface area contributed by atoms with Gasteiger partial charge in [0.05, 0.1) is 16.7 Å². The van der Waals surface area contributed by atoms with Crippen molar-refractivity contribution in [2.75, 3.05) is 0 Å². The van der Waals surface area contributed by atoms with Crippen LogP contribution in [0.1, 0.15) is 114 Å². The summed E-state index contributed by atoms with van der Waals surface area (Å²) in [5.74, 6) is -5.42. The molecule has 5 aromatic carbocycles. The zero-order valence-corrected chi connectivity index (χ0v) is 31.8. The molecular formula is C46H35NO12. The topological polar surface area (TPSA) is 189 Å². The largest absolute Gasteiger partial charge is 0.455 e. The summed E-state index contributed by atoms with van der Waals surface area (Å²) < 4.78 is 24.7. The summed E-state index contributed by atoms with van der Waals surface area (Å²) in [6, 6.07) is 26.6. The Kier molecular flexibility index (Phi) is 11.1. The van der Waals surface area contributed by atoms with Gasteiger partial charge in [-0.2, -0.15) is 0 Å². The molecule has 59 heavy (non-hydrogen) atoms. The highest BCUT2D eigenvalue weighted by molar-refractivity contribution is 6.08. The molecule has 0 unspecified atom stereocenters. The first kappa shape index (κ1) is 39.7. The van der Waals surface area contributed by atoms with E-state index in [2.05, 4.69) is 5.16 Å². The highest BCUT2D eigenvalue weighted by atomic mass is 16.6. The SMILES string of the molecule is CC(=O)CCC(=O)c1c(OC(=O)c2ccccc2)ccc2c1Oc1c(ccc(OC(=O)c3ccccc3)c1C(=O)CCC(C)=O)C21OC(=O)c2c(CC=NO)cccc21. The Labute approximate surface area is 337 Å². The predicted molar refractivity (Wildman–Crippen MR) is 210 cm³/mol. The fourth-order valence-corrected chi connectivity index (χ4v) is 7.23. The van der Waals surface area contributed by atoms with Crippen LogP contribution in [0.5, 0.6) is 23.0 Å². The van der Waals surface area contributed by atoms with Gasteiger partial charge < -0.3 is 33.7 Å². The standard InChI is InChI=1S/C46H35NO12/c1-26(48)16-20-34(50)39-36(56-43(52)29-10-5-3-6-11-29)22-18-32-41(39)58-42-33(46(32)31-15-9-14-28(24-25-47-55)38(31)45(54)59-46)19-23-37(40(42)35(51)21-17-27(2)49)57-44(53)30-12-7-4-8-13-30/h3-15,18-19,22-23,25,55H,16-17,20-21,24H2,1-2H3. The maximum atomic E-state index is 14.4. The minimum atomic E-state index is -1.95. The van der Waals surface area contributed by atoms with Crippen molar-refractivity contribution in [3.63, 3.8) is 0 Å². The first-order valence-electron chi connectivity index (χ1n) is 18.6. The number of Topliss-reactive ketones (excluding diaryl/α,β-unsaturated/α-hetero) is 4. The number of esters is 3. The number of fused-ring (bicyclic) bond motifs is 6. The Morgan fingerprint density at radius 2 is 1.12 bits per heavy atom. The monoisotopic (exact) mass is 793 g/mol. The van der Waals surface area contributed by atoms with Crippen LogP contribution in [0.2, 0.25) is 0 Å². The van der Waals surface area contributed by atoms with E-state index in [0.717, 1.165) is 0 Å². The highest BCUT2D eigenvalue weighted by Gasteiger charge is 2.56. The Balaban J connectivity index is 1.53. The number of benzene rings is 5. The molecule has 1 spiro atoms. The lowest BCUT2D eigenvalue weighted by Crippen LogP contribution is -2.34. The van der Waals surface area contributed by atoms with Crippen molar-refractivity contribution in [1.29, 1.82) is 0 Å². The number of ketones is 4. The molecule has 0 atom stereocenters. The fraction of sp³-hybridized carbons (Fsp3) is 0.174. The lowest BCUT2D eigenvalue weighted by atomic mass is 9.75. The number of hydrogen-bond acceptors (Lipinski definition) is 13. The van der Waals surface area contributed by atoms with E-state index in [9.17, 15) is 38.8 Å². The molecule has 296 valence electrons. The molecule has 13 nitrogen and oxygen atoms in total. The number of nitrogens with zero attached hydrogens (tertiary/aromatic N) is 1. The van der Waals surface area contributed by atoms with Gasteiger partial charge in [0.25, 0.3) is 0 Å². The smallest absolute Gasteiger partial charge is 0.343 e. The second-order valence-corrected chi connectivity index (χ2v) is 13.9. The summed E-state index contributed by atoms with van der Waals surface area (Å²) in [5.41, 5.74) is -1.19. The van der Waals surface area contributed by atoms with E-state index in [1.165, 1.54) is 68.6 Å². The predicted octanol–water partition coefficient (Wildman–Crippen LogP) is 7.80. The Morgan fingerprint density at radius 1 is 0.627 bits per heavy atom. The maximum Gasteiger partial charge on any atom is 0.343 e. The van der Waals surface area contributed by atoms with E-state index in [-0.39, 0.29) is 111 Å². The maximum absolute atomic E-state index is 14.4. The van der Waals surface area contributed by atoms with Gasteiger partial charge in [0.1, 0.15) is 45.7 Å². The molecular weight excluding hydrogens is 759 g/mol.